The van der Waals surface area contributed by atoms with E-state index in [1.807, 2.05) is 6.07 Å². The number of anilines is 1. The van der Waals surface area contributed by atoms with Crippen LogP contribution in [-0.4, -0.2) is 30.1 Å². The number of carbonyl (C=O) groups excluding carboxylic acids is 1. The number of rotatable bonds is 4. The van der Waals surface area contributed by atoms with Crippen molar-refractivity contribution in [2.75, 3.05) is 19.5 Å². The van der Waals surface area contributed by atoms with Crippen molar-refractivity contribution in [3.05, 3.63) is 40.4 Å². The second-order valence-electron chi connectivity index (χ2n) is 3.71. The summed E-state index contributed by atoms with van der Waals surface area (Å²) in [5.41, 5.74) is 0.484. The van der Waals surface area contributed by atoms with Gasteiger partial charge in [-0.3, -0.25) is 10.1 Å². The summed E-state index contributed by atoms with van der Waals surface area (Å²) in [5.74, 6) is 0.397. The Bertz CT molecular complexity index is 612. The van der Waals surface area contributed by atoms with Crippen molar-refractivity contribution in [1.29, 1.82) is 0 Å². The van der Waals surface area contributed by atoms with E-state index < -0.39 is 0 Å². The minimum atomic E-state index is -0.326. The minimum Gasteiger partial charge on any atom is -0.481 e. The summed E-state index contributed by atoms with van der Waals surface area (Å²) < 4.78 is 10.7. The fraction of sp³-hybridized carbons (Fsp3) is 0.154. The summed E-state index contributed by atoms with van der Waals surface area (Å²) in [7, 11) is 2.95. The molecule has 0 saturated carbocycles. The van der Waals surface area contributed by atoms with E-state index in [2.05, 4.69) is 31.2 Å². The van der Waals surface area contributed by atoms with Gasteiger partial charge in [-0.15, -0.1) is 0 Å². The molecule has 0 fully saturated rings. The van der Waals surface area contributed by atoms with Crippen molar-refractivity contribution in [3.8, 4) is 11.8 Å². The Balaban J connectivity index is 2.26. The molecule has 0 radical (unpaired) electrons. The second-order valence-corrected chi connectivity index (χ2v) is 4.56. The molecule has 0 aliphatic rings. The van der Waals surface area contributed by atoms with E-state index in [-0.39, 0.29) is 11.9 Å². The number of nitrogens with zero attached hydrogens (tertiary/aromatic N) is 2. The van der Waals surface area contributed by atoms with Crippen LogP contribution in [0.1, 0.15) is 10.4 Å². The molecule has 2 rings (SSSR count). The van der Waals surface area contributed by atoms with Crippen molar-refractivity contribution < 1.29 is 14.3 Å². The van der Waals surface area contributed by atoms with Gasteiger partial charge in [0.05, 0.1) is 25.8 Å². The number of carbonyl (C=O) groups is 1. The predicted octanol–water partition coefficient (Wildman–Crippen LogP) is 2.51. The summed E-state index contributed by atoms with van der Waals surface area (Å²) in [6.07, 6.45) is 0. The van der Waals surface area contributed by atoms with Crippen molar-refractivity contribution in [2.24, 2.45) is 0 Å². The van der Waals surface area contributed by atoms with Crippen molar-refractivity contribution >= 4 is 27.8 Å². The topological polar surface area (TPSA) is 73.3 Å². The summed E-state index contributed by atoms with van der Waals surface area (Å²) in [6.45, 7) is 0. The van der Waals surface area contributed by atoms with Crippen LogP contribution >= 0.6 is 15.9 Å². The van der Waals surface area contributed by atoms with Gasteiger partial charge in [-0.05, 0) is 28.1 Å². The Morgan fingerprint density at radius 3 is 2.30 bits per heavy atom. The summed E-state index contributed by atoms with van der Waals surface area (Å²) in [6, 6.07) is 8.59. The van der Waals surface area contributed by atoms with Crippen LogP contribution in [0.3, 0.4) is 0 Å². The fourth-order valence-electron chi connectivity index (χ4n) is 1.48. The SMILES string of the molecule is COc1cc(OC)nc(NC(=O)c2ccccc2Br)n1. The number of aromatic nitrogens is 2. The first kappa shape index (κ1) is 14.3. The van der Waals surface area contributed by atoms with Gasteiger partial charge in [-0.25, -0.2) is 0 Å². The van der Waals surface area contributed by atoms with Crippen molar-refractivity contribution in [1.82, 2.24) is 9.97 Å². The van der Waals surface area contributed by atoms with Gasteiger partial charge in [-0.2, -0.15) is 9.97 Å². The molecule has 7 heteroatoms. The molecule has 2 aromatic rings. The Morgan fingerprint density at radius 2 is 1.75 bits per heavy atom. The first-order valence-electron chi connectivity index (χ1n) is 5.67. The van der Waals surface area contributed by atoms with Gasteiger partial charge in [0.1, 0.15) is 0 Å². The molecule has 0 bridgehead atoms. The lowest BCUT2D eigenvalue weighted by Crippen LogP contribution is -2.15. The number of halogens is 1. The quantitative estimate of drug-likeness (QED) is 0.927. The maximum absolute atomic E-state index is 12.1. The Kier molecular flexibility index (Phi) is 4.52. The van der Waals surface area contributed by atoms with Crippen LogP contribution in [0.4, 0.5) is 5.95 Å². The lowest BCUT2D eigenvalue weighted by Gasteiger charge is -2.08. The molecule has 0 aliphatic heterocycles. The number of benzene rings is 1. The van der Waals surface area contributed by atoms with Crippen LogP contribution in [0.25, 0.3) is 0 Å². The molecule has 1 aromatic carbocycles. The molecule has 1 amide bonds. The maximum Gasteiger partial charge on any atom is 0.259 e. The first-order valence-corrected chi connectivity index (χ1v) is 6.46. The summed E-state index contributed by atoms with van der Waals surface area (Å²) in [5, 5.41) is 2.60. The normalized spacial score (nSPS) is 9.95. The molecule has 1 N–H and O–H groups in total. The average Bonchev–Trinajstić information content (AvgIpc) is 2.47. The molecule has 1 heterocycles. The highest BCUT2D eigenvalue weighted by Crippen LogP contribution is 2.20. The van der Waals surface area contributed by atoms with Gasteiger partial charge in [0.2, 0.25) is 17.7 Å². The summed E-state index contributed by atoms with van der Waals surface area (Å²) in [4.78, 5) is 20.2. The van der Waals surface area contributed by atoms with E-state index in [1.165, 1.54) is 20.3 Å². The molecule has 0 spiro atoms. The van der Waals surface area contributed by atoms with E-state index in [1.54, 1.807) is 18.2 Å². The van der Waals surface area contributed by atoms with E-state index in [0.29, 0.717) is 21.8 Å². The first-order chi connectivity index (χ1) is 9.63. The number of nitrogens with one attached hydrogen (secondary N) is 1. The number of ether oxygens (including phenoxy) is 2. The number of methoxy groups -OCH3 is 2. The Morgan fingerprint density at radius 1 is 1.15 bits per heavy atom. The average molecular weight is 338 g/mol. The van der Waals surface area contributed by atoms with Crippen LogP contribution in [0.2, 0.25) is 0 Å². The van der Waals surface area contributed by atoms with Crippen LogP contribution < -0.4 is 14.8 Å². The Labute approximate surface area is 124 Å². The highest BCUT2D eigenvalue weighted by molar-refractivity contribution is 9.10. The largest absolute Gasteiger partial charge is 0.481 e. The van der Waals surface area contributed by atoms with E-state index in [0.717, 1.165) is 0 Å². The van der Waals surface area contributed by atoms with Gasteiger partial charge in [0.25, 0.3) is 5.91 Å². The molecule has 0 saturated heterocycles. The zero-order chi connectivity index (χ0) is 14.5. The van der Waals surface area contributed by atoms with Crippen LogP contribution in [-0.2, 0) is 0 Å². The third kappa shape index (κ3) is 3.24. The monoisotopic (exact) mass is 337 g/mol. The zero-order valence-electron chi connectivity index (χ0n) is 10.9. The standard InChI is InChI=1S/C13H12BrN3O3/c1-19-10-7-11(20-2)16-13(15-10)17-12(18)8-5-3-4-6-9(8)14/h3-7H,1-2H3,(H,15,16,17,18). The van der Waals surface area contributed by atoms with Crippen LogP contribution in [0, 0.1) is 0 Å². The maximum atomic E-state index is 12.1. The van der Waals surface area contributed by atoms with Gasteiger partial charge < -0.3 is 9.47 Å². The van der Waals surface area contributed by atoms with Gasteiger partial charge in [0.15, 0.2) is 0 Å². The highest BCUT2D eigenvalue weighted by atomic mass is 79.9. The molecule has 20 heavy (non-hydrogen) atoms. The second kappa shape index (κ2) is 6.33. The van der Waals surface area contributed by atoms with Crippen LogP contribution in [0.15, 0.2) is 34.8 Å². The lowest BCUT2D eigenvalue weighted by molar-refractivity contribution is 0.102. The molecular weight excluding hydrogens is 326 g/mol. The van der Waals surface area contributed by atoms with Crippen molar-refractivity contribution in [2.45, 2.75) is 0 Å². The van der Waals surface area contributed by atoms with Crippen molar-refractivity contribution in [3.63, 3.8) is 0 Å². The van der Waals surface area contributed by atoms with E-state index >= 15 is 0 Å². The molecule has 104 valence electrons. The highest BCUT2D eigenvalue weighted by Gasteiger charge is 2.12. The van der Waals surface area contributed by atoms with Crippen LogP contribution in [0.5, 0.6) is 11.8 Å². The molecule has 0 atom stereocenters. The molecule has 6 nitrogen and oxygen atoms in total. The predicted molar refractivity (Wildman–Crippen MR) is 77.2 cm³/mol. The van der Waals surface area contributed by atoms with E-state index in [9.17, 15) is 4.79 Å². The molecule has 0 unspecified atom stereocenters. The van der Waals surface area contributed by atoms with Gasteiger partial charge >= 0.3 is 0 Å². The lowest BCUT2D eigenvalue weighted by atomic mass is 10.2. The molecule has 1 aromatic heterocycles. The third-order valence-electron chi connectivity index (χ3n) is 2.44. The molecule has 0 aliphatic carbocycles. The number of hydrogen-bond acceptors (Lipinski definition) is 5. The van der Waals surface area contributed by atoms with E-state index in [4.69, 9.17) is 9.47 Å². The number of hydrogen-bond donors (Lipinski definition) is 1. The third-order valence-corrected chi connectivity index (χ3v) is 3.13. The minimum absolute atomic E-state index is 0.113. The summed E-state index contributed by atoms with van der Waals surface area (Å²) >= 11 is 3.32. The number of amides is 1. The van der Waals surface area contributed by atoms with Gasteiger partial charge in [-0.1, -0.05) is 12.1 Å². The Hall–Kier alpha value is -2.15. The smallest absolute Gasteiger partial charge is 0.259 e. The van der Waals surface area contributed by atoms with Gasteiger partial charge in [0, 0.05) is 4.47 Å². The zero-order valence-corrected chi connectivity index (χ0v) is 12.5. The fourth-order valence-corrected chi connectivity index (χ4v) is 1.95. The molecular formula is C13H12BrN3O3.